The number of nitrogens with zero attached hydrogens (tertiary/aromatic N) is 2. The van der Waals surface area contributed by atoms with Crippen molar-refractivity contribution in [2.75, 3.05) is 6.54 Å². The summed E-state index contributed by atoms with van der Waals surface area (Å²) in [4.78, 5) is 4.04. The summed E-state index contributed by atoms with van der Waals surface area (Å²) in [5, 5.41) is 12.1. The highest BCUT2D eigenvalue weighted by Gasteiger charge is 2.57. The minimum absolute atomic E-state index is 0.0158. The molecule has 2 heterocycles. The number of nitrogens with one attached hydrogen (secondary N) is 1. The third kappa shape index (κ3) is 2.33. The van der Waals surface area contributed by atoms with Crippen LogP contribution in [0.25, 0.3) is 0 Å². The van der Waals surface area contributed by atoms with E-state index in [1.807, 2.05) is 12.1 Å². The highest BCUT2D eigenvalue weighted by molar-refractivity contribution is 5.26. The van der Waals surface area contributed by atoms with E-state index in [1.165, 1.54) is 0 Å². The minimum atomic E-state index is -2.47. The van der Waals surface area contributed by atoms with Crippen LogP contribution in [0.15, 0.2) is 18.3 Å². The summed E-state index contributed by atoms with van der Waals surface area (Å²) in [5.74, 6) is -2.47. The molecule has 1 N–H and O–H groups in total. The van der Waals surface area contributed by atoms with Crippen LogP contribution in [0, 0.1) is 16.7 Å². The smallest absolute Gasteiger partial charge is 0.249 e. The van der Waals surface area contributed by atoms with E-state index in [4.69, 9.17) is 5.26 Å². The van der Waals surface area contributed by atoms with Crippen molar-refractivity contribution in [3.8, 4) is 6.07 Å². The quantitative estimate of drug-likeness (QED) is 0.847. The van der Waals surface area contributed by atoms with Crippen LogP contribution in [-0.2, 0) is 0 Å². The van der Waals surface area contributed by atoms with Gasteiger partial charge in [0.2, 0.25) is 5.92 Å². The highest BCUT2D eigenvalue weighted by atomic mass is 19.3. The van der Waals surface area contributed by atoms with Crippen molar-refractivity contribution < 1.29 is 8.78 Å². The van der Waals surface area contributed by atoms with Gasteiger partial charge in [-0.3, -0.25) is 0 Å². The molecule has 1 unspecified atom stereocenters. The van der Waals surface area contributed by atoms with Crippen LogP contribution in [0.3, 0.4) is 0 Å². The maximum absolute atomic E-state index is 13.1. The number of halogens is 2. The lowest BCUT2D eigenvalue weighted by molar-refractivity contribution is -0.174. The number of nitriles is 1. The van der Waals surface area contributed by atoms with Gasteiger partial charge in [-0.2, -0.15) is 5.26 Å². The fraction of sp³-hybridized carbons (Fsp3) is 0.571. The third-order valence-electron chi connectivity index (χ3n) is 4.25. The van der Waals surface area contributed by atoms with Crippen molar-refractivity contribution in [1.29, 1.82) is 5.26 Å². The Morgan fingerprint density at radius 2 is 2.16 bits per heavy atom. The first-order chi connectivity index (χ1) is 9.02. The predicted molar refractivity (Wildman–Crippen MR) is 65.5 cm³/mol. The van der Waals surface area contributed by atoms with Gasteiger partial charge in [-0.05, 0) is 36.4 Å². The average molecular weight is 263 g/mol. The molecule has 1 aliphatic heterocycles. The molecule has 1 aromatic heterocycles. The Morgan fingerprint density at radius 3 is 2.74 bits per heavy atom. The molecule has 3 nitrogen and oxygen atoms in total. The number of piperidine rings is 1. The fourth-order valence-corrected chi connectivity index (χ4v) is 3.40. The lowest BCUT2D eigenvalue weighted by Gasteiger charge is -2.52. The second kappa shape index (κ2) is 4.24. The molecule has 0 radical (unpaired) electrons. The molecule has 19 heavy (non-hydrogen) atoms. The Balaban J connectivity index is 1.73. The monoisotopic (exact) mass is 263 g/mol. The van der Waals surface area contributed by atoms with Gasteiger partial charge >= 0.3 is 0 Å². The standard InChI is InChI=1S/C14H15F2N3/c15-14(16)8-13(9-14)3-4-18-12(5-13)10-1-2-11(6-17)19-7-10/h1-2,7,12,18H,3-5,8-9H2. The second-order valence-corrected chi connectivity index (χ2v) is 5.76. The number of rotatable bonds is 1. The molecule has 0 bridgehead atoms. The number of pyridine rings is 1. The summed E-state index contributed by atoms with van der Waals surface area (Å²) in [7, 11) is 0. The van der Waals surface area contributed by atoms with Gasteiger partial charge in [0.25, 0.3) is 0 Å². The molecule has 1 aliphatic carbocycles. The number of alkyl halides is 2. The van der Waals surface area contributed by atoms with Crippen molar-refractivity contribution >= 4 is 0 Å². The van der Waals surface area contributed by atoms with Gasteiger partial charge in [0.05, 0.1) is 0 Å². The van der Waals surface area contributed by atoms with Crippen molar-refractivity contribution in [3.05, 3.63) is 29.6 Å². The average Bonchev–Trinajstić information content (AvgIpc) is 2.37. The van der Waals surface area contributed by atoms with E-state index < -0.39 is 5.92 Å². The van der Waals surface area contributed by atoms with Gasteiger partial charge in [0.15, 0.2) is 0 Å². The summed E-state index contributed by atoms with van der Waals surface area (Å²) in [6, 6.07) is 5.58. The summed E-state index contributed by atoms with van der Waals surface area (Å²) >= 11 is 0. The maximum Gasteiger partial charge on any atom is 0.249 e. The van der Waals surface area contributed by atoms with Crippen LogP contribution in [0.1, 0.15) is 43.0 Å². The van der Waals surface area contributed by atoms with E-state index in [2.05, 4.69) is 10.3 Å². The number of hydrogen-bond donors (Lipinski definition) is 1. The fourth-order valence-electron chi connectivity index (χ4n) is 3.40. The molecule has 2 fully saturated rings. The summed E-state index contributed by atoms with van der Waals surface area (Å²) in [6.07, 6.45) is 3.26. The zero-order valence-corrected chi connectivity index (χ0v) is 10.5. The van der Waals surface area contributed by atoms with Crippen LogP contribution in [-0.4, -0.2) is 17.5 Å². The normalized spacial score (nSPS) is 27.5. The molecule has 1 saturated carbocycles. The van der Waals surface area contributed by atoms with Gasteiger partial charge in [-0.25, -0.2) is 13.8 Å². The second-order valence-electron chi connectivity index (χ2n) is 5.76. The molecule has 5 heteroatoms. The van der Waals surface area contributed by atoms with Crippen molar-refractivity contribution in [2.45, 2.75) is 37.6 Å². The SMILES string of the molecule is N#Cc1ccc(C2CC3(CCN2)CC(F)(F)C3)cn1. The van der Waals surface area contributed by atoms with E-state index >= 15 is 0 Å². The van der Waals surface area contributed by atoms with Gasteiger partial charge in [0, 0.05) is 25.1 Å². The van der Waals surface area contributed by atoms with Crippen LogP contribution >= 0.6 is 0 Å². The van der Waals surface area contributed by atoms with Crippen LogP contribution in [0.4, 0.5) is 8.78 Å². The first-order valence-electron chi connectivity index (χ1n) is 6.49. The summed E-state index contributed by atoms with van der Waals surface area (Å²) in [5.41, 5.74) is 1.16. The van der Waals surface area contributed by atoms with E-state index in [-0.39, 0.29) is 24.3 Å². The first-order valence-corrected chi connectivity index (χ1v) is 6.49. The zero-order valence-electron chi connectivity index (χ0n) is 10.5. The Morgan fingerprint density at radius 1 is 1.37 bits per heavy atom. The Hall–Kier alpha value is -1.54. The zero-order chi connectivity index (χ0) is 13.5. The Kier molecular flexibility index (Phi) is 2.79. The highest BCUT2D eigenvalue weighted by Crippen LogP contribution is 2.58. The topological polar surface area (TPSA) is 48.7 Å². The van der Waals surface area contributed by atoms with Crippen LogP contribution < -0.4 is 5.32 Å². The lowest BCUT2D eigenvalue weighted by Crippen LogP contribution is -2.52. The van der Waals surface area contributed by atoms with E-state index in [9.17, 15) is 8.78 Å². The molecule has 1 spiro atoms. The molecule has 0 amide bonds. The van der Waals surface area contributed by atoms with E-state index in [0.29, 0.717) is 5.69 Å². The van der Waals surface area contributed by atoms with Crippen LogP contribution in [0.5, 0.6) is 0 Å². The van der Waals surface area contributed by atoms with Gasteiger partial charge < -0.3 is 5.32 Å². The maximum atomic E-state index is 13.1. The molecule has 1 saturated heterocycles. The number of aromatic nitrogens is 1. The molecule has 2 aliphatic rings. The minimum Gasteiger partial charge on any atom is -0.310 e. The molecule has 1 aromatic rings. The van der Waals surface area contributed by atoms with Gasteiger partial charge in [-0.15, -0.1) is 0 Å². The number of hydrogen-bond acceptors (Lipinski definition) is 3. The molecule has 100 valence electrons. The van der Waals surface area contributed by atoms with Crippen molar-refractivity contribution in [3.63, 3.8) is 0 Å². The third-order valence-corrected chi connectivity index (χ3v) is 4.25. The van der Waals surface area contributed by atoms with Gasteiger partial charge in [-0.1, -0.05) is 6.07 Å². The van der Waals surface area contributed by atoms with Crippen molar-refractivity contribution in [1.82, 2.24) is 10.3 Å². The Bertz CT molecular complexity index is 510. The van der Waals surface area contributed by atoms with Gasteiger partial charge in [0.1, 0.15) is 11.8 Å². The largest absolute Gasteiger partial charge is 0.310 e. The lowest BCUT2D eigenvalue weighted by atomic mass is 9.59. The van der Waals surface area contributed by atoms with Crippen molar-refractivity contribution in [2.24, 2.45) is 5.41 Å². The molecular formula is C14H15F2N3. The molecule has 1 atom stereocenters. The van der Waals surface area contributed by atoms with E-state index in [1.54, 1.807) is 12.3 Å². The molecule has 3 rings (SSSR count). The predicted octanol–water partition coefficient (Wildman–Crippen LogP) is 2.79. The Labute approximate surface area is 110 Å². The molecular weight excluding hydrogens is 248 g/mol. The van der Waals surface area contributed by atoms with Crippen LogP contribution in [0.2, 0.25) is 0 Å². The first kappa shape index (κ1) is 12.5. The molecule has 0 aromatic carbocycles. The summed E-state index contributed by atoms with van der Waals surface area (Å²) < 4.78 is 26.3. The summed E-state index contributed by atoms with van der Waals surface area (Å²) in [6.45, 7) is 0.765. The van der Waals surface area contributed by atoms with E-state index in [0.717, 1.165) is 24.9 Å².